The molecule has 14 N–H and O–H groups in total. The fourth-order valence-electron chi connectivity index (χ4n) is 11.9. The van der Waals surface area contributed by atoms with Crippen LogP contribution in [0.15, 0.2) is 0 Å². The average Bonchev–Trinajstić information content (AvgIpc) is 2.74. The molecule has 3 heterocycles. The lowest BCUT2D eigenvalue weighted by Gasteiger charge is -2.50. The van der Waals surface area contributed by atoms with Crippen LogP contribution in [0.2, 0.25) is 0 Å². The molecular formula is C63H118N2O21. The molecule has 18 atom stereocenters. The van der Waals surface area contributed by atoms with Crippen LogP contribution in [0.25, 0.3) is 0 Å². The summed E-state index contributed by atoms with van der Waals surface area (Å²) in [5.41, 5.74) is 0. The van der Waals surface area contributed by atoms with Crippen LogP contribution in [-0.4, -0.2) is 215 Å². The van der Waals surface area contributed by atoms with Crippen molar-refractivity contribution in [1.82, 2.24) is 10.6 Å². The van der Waals surface area contributed by atoms with Gasteiger partial charge in [0.15, 0.2) is 12.6 Å². The maximum Gasteiger partial charge on any atom is 0.364 e. The number of amides is 2. The molecule has 23 heteroatoms. The molecule has 0 spiro atoms. The van der Waals surface area contributed by atoms with E-state index in [1.807, 2.05) is 0 Å². The molecule has 0 aromatic carbocycles. The molecule has 0 saturated carbocycles. The number of carbonyl (C=O) groups excluding carboxylic acids is 2. The first-order valence-corrected chi connectivity index (χ1v) is 33.4. The number of hydrogen-bond donors (Lipinski definition) is 14. The summed E-state index contributed by atoms with van der Waals surface area (Å²) >= 11 is 0. The summed E-state index contributed by atoms with van der Waals surface area (Å²) in [6.07, 6.45) is 9.71. The van der Waals surface area contributed by atoms with E-state index in [4.69, 9.17) is 28.4 Å². The number of carboxylic acid groups (broad SMARTS) is 1. The monoisotopic (exact) mass is 1240 g/mol. The second-order valence-corrected chi connectivity index (χ2v) is 24.7. The molecule has 3 fully saturated rings. The van der Waals surface area contributed by atoms with Crippen LogP contribution in [0, 0.1) is 0 Å². The minimum Gasteiger partial charge on any atom is -0.477 e. The maximum atomic E-state index is 13.4. The summed E-state index contributed by atoms with van der Waals surface area (Å²) < 4.78 is 34.8. The summed E-state index contributed by atoms with van der Waals surface area (Å²) in [7, 11) is 0. The predicted octanol–water partition coefficient (Wildman–Crippen LogP) is 4.95. The van der Waals surface area contributed by atoms with E-state index < -0.39 is 148 Å². The van der Waals surface area contributed by atoms with Crippen molar-refractivity contribution in [3.63, 3.8) is 0 Å². The van der Waals surface area contributed by atoms with Gasteiger partial charge in [0.05, 0.1) is 50.7 Å². The lowest BCUT2D eigenvalue weighted by molar-refractivity contribution is -0.386. The van der Waals surface area contributed by atoms with E-state index in [1.165, 1.54) is 148 Å². The van der Waals surface area contributed by atoms with Gasteiger partial charge in [0.25, 0.3) is 5.79 Å². The number of carbonyl (C=O) groups is 3. The lowest BCUT2D eigenvalue weighted by Crippen LogP contribution is -2.70. The molecule has 23 nitrogen and oxygen atoms in total. The zero-order chi connectivity index (χ0) is 63.3. The van der Waals surface area contributed by atoms with Crippen molar-refractivity contribution >= 4 is 17.8 Å². The molecular weight excluding hydrogens is 1120 g/mol. The van der Waals surface area contributed by atoms with Crippen LogP contribution in [0.4, 0.5) is 0 Å². The molecule has 0 aliphatic carbocycles. The Labute approximate surface area is 512 Å². The smallest absolute Gasteiger partial charge is 0.364 e. The maximum absolute atomic E-state index is 13.4. The van der Waals surface area contributed by atoms with Gasteiger partial charge in [0.2, 0.25) is 11.8 Å². The number of aliphatic hydroxyl groups is 11. The third kappa shape index (κ3) is 28.1. The van der Waals surface area contributed by atoms with Gasteiger partial charge in [-0.3, -0.25) is 9.59 Å². The SMILES string of the molecule is CCCCCCCCCCCCCCCCCCCCCC(=O)NC(COC1OC(CO)C(OC2OC(CO)C(O)C(OC3(C(=O)O)CC(O)C(NC(C)=O)C(C(O)C(O)CO)O3)C2O)C(O)C1O)C(O)CCCCCCCCCCCCCCC. The fraction of sp³-hybridized carbons (Fsp3) is 0.952. The van der Waals surface area contributed by atoms with E-state index in [1.54, 1.807) is 0 Å². The molecule has 0 aromatic rings. The number of aliphatic carboxylic acids is 1. The number of hydrogen-bond acceptors (Lipinski definition) is 20. The van der Waals surface area contributed by atoms with Crippen LogP contribution in [0.3, 0.4) is 0 Å². The molecule has 3 aliphatic heterocycles. The highest BCUT2D eigenvalue weighted by atomic mass is 16.8. The largest absolute Gasteiger partial charge is 0.477 e. The summed E-state index contributed by atoms with van der Waals surface area (Å²) in [6, 6.07) is -2.52. The van der Waals surface area contributed by atoms with Gasteiger partial charge < -0.3 is 100 Å². The molecule has 0 radical (unpaired) electrons. The van der Waals surface area contributed by atoms with E-state index >= 15 is 0 Å². The van der Waals surface area contributed by atoms with Crippen molar-refractivity contribution in [2.24, 2.45) is 0 Å². The fourth-order valence-corrected chi connectivity index (χ4v) is 11.9. The topological polar surface area (TPSA) is 373 Å². The van der Waals surface area contributed by atoms with Crippen molar-refractivity contribution in [3.8, 4) is 0 Å². The second kappa shape index (κ2) is 45.1. The standard InChI is InChI=1S/C63H118N2O21/c1-4-6-8-10-12-14-16-18-19-20-21-22-23-25-27-29-31-33-35-37-50(73)65-44(45(70)36-34-32-30-28-26-24-17-15-13-11-9-7-5-2)42-81-60-55(77)54(76)57(49(41-68)83-60)84-61-56(78)59(53(75)48(40-67)82-61)86-63(62(79)80)38-46(71)51(64-43(3)69)58(85-63)52(74)47(72)39-66/h44-49,51-61,66-68,70-72,74-78H,4-42H2,1-3H3,(H,64,69)(H,65,73)(H,79,80). The number of unbranched alkanes of at least 4 members (excludes halogenated alkanes) is 30. The van der Waals surface area contributed by atoms with E-state index in [9.17, 15) is 75.7 Å². The zero-order valence-electron chi connectivity index (χ0n) is 52.4. The van der Waals surface area contributed by atoms with Crippen molar-refractivity contribution in [1.29, 1.82) is 0 Å². The van der Waals surface area contributed by atoms with Crippen LogP contribution < -0.4 is 10.6 Å². The van der Waals surface area contributed by atoms with E-state index in [-0.39, 0.29) is 18.9 Å². The van der Waals surface area contributed by atoms with Gasteiger partial charge in [0, 0.05) is 19.8 Å². The minimum absolute atomic E-state index is 0.229. The Balaban J connectivity index is 1.60. The van der Waals surface area contributed by atoms with Gasteiger partial charge in [-0.1, -0.05) is 213 Å². The Morgan fingerprint density at radius 3 is 1.45 bits per heavy atom. The van der Waals surface area contributed by atoms with Crippen LogP contribution >= 0.6 is 0 Å². The summed E-state index contributed by atoms with van der Waals surface area (Å²) in [5.74, 6) is -6.09. The quantitative estimate of drug-likeness (QED) is 0.0358. The predicted molar refractivity (Wildman–Crippen MR) is 320 cm³/mol. The molecule has 3 rings (SSSR count). The molecule has 0 bridgehead atoms. The minimum atomic E-state index is -3.08. The van der Waals surface area contributed by atoms with Crippen molar-refractivity contribution in [3.05, 3.63) is 0 Å². The highest BCUT2D eigenvalue weighted by Gasteiger charge is 2.60. The molecule has 3 aliphatic rings. The summed E-state index contributed by atoms with van der Waals surface area (Å²) in [4.78, 5) is 38.5. The summed E-state index contributed by atoms with van der Waals surface area (Å²) in [5, 5.41) is 136. The van der Waals surface area contributed by atoms with Gasteiger partial charge >= 0.3 is 5.97 Å². The van der Waals surface area contributed by atoms with Gasteiger partial charge in [0.1, 0.15) is 67.1 Å². The van der Waals surface area contributed by atoms with Crippen molar-refractivity contribution < 1.29 is 104 Å². The van der Waals surface area contributed by atoms with E-state index in [0.29, 0.717) is 19.3 Å². The van der Waals surface area contributed by atoms with E-state index in [2.05, 4.69) is 24.5 Å². The Morgan fingerprint density at radius 1 is 0.558 bits per heavy atom. The first-order valence-electron chi connectivity index (χ1n) is 33.4. The Morgan fingerprint density at radius 2 is 1.01 bits per heavy atom. The number of rotatable bonds is 50. The first-order chi connectivity index (χ1) is 41.4. The third-order valence-electron chi connectivity index (χ3n) is 17.3. The highest BCUT2D eigenvalue weighted by Crippen LogP contribution is 2.39. The molecule has 86 heavy (non-hydrogen) atoms. The number of nitrogens with one attached hydrogen (secondary N) is 2. The summed E-state index contributed by atoms with van der Waals surface area (Å²) in [6.45, 7) is 2.20. The third-order valence-corrected chi connectivity index (χ3v) is 17.3. The number of ether oxygens (including phenoxy) is 6. The molecule has 506 valence electrons. The van der Waals surface area contributed by atoms with Crippen LogP contribution in [0.1, 0.15) is 245 Å². The van der Waals surface area contributed by atoms with Crippen molar-refractivity contribution in [2.75, 3.05) is 26.4 Å². The van der Waals surface area contributed by atoms with E-state index in [0.717, 1.165) is 51.9 Å². The highest BCUT2D eigenvalue weighted by molar-refractivity contribution is 5.77. The normalized spacial score (nSPS) is 29.3. The van der Waals surface area contributed by atoms with Gasteiger partial charge in [-0.05, 0) is 12.8 Å². The second-order valence-electron chi connectivity index (χ2n) is 24.7. The van der Waals surface area contributed by atoms with Crippen molar-refractivity contribution in [2.45, 2.75) is 355 Å². The number of carboxylic acids is 1. The van der Waals surface area contributed by atoms with Gasteiger partial charge in [-0.25, -0.2) is 4.79 Å². The zero-order valence-corrected chi connectivity index (χ0v) is 52.4. The van der Waals surface area contributed by atoms with Gasteiger partial charge in [-0.15, -0.1) is 0 Å². The molecule has 0 aromatic heterocycles. The average molecular weight is 1240 g/mol. The Bertz CT molecular complexity index is 1760. The lowest BCUT2D eigenvalue weighted by atomic mass is 9.88. The number of aliphatic hydroxyl groups excluding tert-OH is 11. The van der Waals surface area contributed by atoms with Crippen LogP contribution in [-0.2, 0) is 42.8 Å². The Hall–Kier alpha value is -2.27. The van der Waals surface area contributed by atoms with Crippen LogP contribution in [0.5, 0.6) is 0 Å². The first kappa shape index (κ1) is 78.0. The molecule has 3 saturated heterocycles. The Kier molecular flexibility index (Phi) is 40.9. The molecule has 2 amide bonds. The molecule has 18 unspecified atom stereocenters. The van der Waals surface area contributed by atoms with Gasteiger partial charge in [-0.2, -0.15) is 0 Å².